The normalized spacial score (nSPS) is 12.3. The Kier molecular flexibility index (Phi) is 7.35. The summed E-state index contributed by atoms with van der Waals surface area (Å²) in [4.78, 5) is 27.4. The largest absolute Gasteiger partial charge is 0.488 e. The summed E-state index contributed by atoms with van der Waals surface area (Å²) in [5, 5.41) is 7.21. The summed E-state index contributed by atoms with van der Waals surface area (Å²) < 4.78 is 27.6. The molecule has 1 aliphatic rings. The number of rotatable bonds is 6. The summed E-state index contributed by atoms with van der Waals surface area (Å²) in [6.45, 7) is 5.98. The number of halogens is 2. The number of aromatic nitrogens is 2. The number of ether oxygens (including phenoxy) is 2. The maximum atomic E-state index is 13.8. The second-order valence-electron chi connectivity index (χ2n) is 9.51. The molecule has 0 saturated heterocycles. The molecule has 3 aromatic rings. The molecule has 8 nitrogen and oxygen atoms in total. The molecule has 36 heavy (non-hydrogen) atoms. The minimum absolute atomic E-state index is 0.140. The van der Waals surface area contributed by atoms with Crippen LogP contribution in [-0.4, -0.2) is 45.4 Å². The van der Waals surface area contributed by atoms with E-state index in [1.165, 1.54) is 17.0 Å². The van der Waals surface area contributed by atoms with E-state index >= 15 is 0 Å². The highest BCUT2D eigenvalue weighted by Gasteiger charge is 2.31. The summed E-state index contributed by atoms with van der Waals surface area (Å²) in [5.74, 6) is -0.0207. The van der Waals surface area contributed by atoms with Crippen molar-refractivity contribution < 1.29 is 23.5 Å². The molecule has 2 amide bonds. The molecular weight excluding hydrogens is 531 g/mol. The minimum atomic E-state index is -0.639. The van der Waals surface area contributed by atoms with Gasteiger partial charge in [-0.3, -0.25) is 9.48 Å². The Bertz CT molecular complexity index is 1300. The molecule has 1 aromatic heterocycles. The zero-order chi connectivity index (χ0) is 26.0. The number of benzene rings is 2. The molecule has 1 N–H and O–H groups in total. The number of alkyl carbamates (subject to hydrolysis) is 1. The number of nitrogens with one attached hydrogen (secondary N) is 1. The van der Waals surface area contributed by atoms with Crippen molar-refractivity contribution >= 4 is 27.9 Å². The van der Waals surface area contributed by atoms with E-state index in [4.69, 9.17) is 9.47 Å². The van der Waals surface area contributed by atoms with Gasteiger partial charge in [-0.1, -0.05) is 28.1 Å². The maximum Gasteiger partial charge on any atom is 0.407 e. The number of aryl methyl sites for hydroxylation is 1. The Morgan fingerprint density at radius 1 is 1.25 bits per heavy atom. The summed E-state index contributed by atoms with van der Waals surface area (Å²) in [7, 11) is 1.78. The molecule has 0 radical (unpaired) electrons. The summed E-state index contributed by atoms with van der Waals surface area (Å²) in [6.07, 6.45) is -0.577. The van der Waals surface area contributed by atoms with E-state index in [1.54, 1.807) is 44.6 Å². The van der Waals surface area contributed by atoms with Gasteiger partial charge in [-0.25, -0.2) is 9.18 Å². The molecule has 0 atom stereocenters. The summed E-state index contributed by atoms with van der Waals surface area (Å²) in [6, 6.07) is 11.8. The Labute approximate surface area is 217 Å². The van der Waals surface area contributed by atoms with Gasteiger partial charge >= 0.3 is 6.09 Å². The first-order chi connectivity index (χ1) is 17.0. The van der Waals surface area contributed by atoms with Crippen LogP contribution in [0.25, 0.3) is 11.3 Å². The van der Waals surface area contributed by atoms with E-state index in [2.05, 4.69) is 26.3 Å². The van der Waals surface area contributed by atoms with Gasteiger partial charge < -0.3 is 19.7 Å². The highest BCUT2D eigenvalue weighted by Crippen LogP contribution is 2.40. The summed E-state index contributed by atoms with van der Waals surface area (Å²) in [5.41, 5.74) is 2.56. The van der Waals surface area contributed by atoms with Crippen molar-refractivity contribution in [2.45, 2.75) is 39.5 Å². The smallest absolute Gasteiger partial charge is 0.407 e. The first-order valence-corrected chi connectivity index (χ1v) is 12.3. The molecule has 0 bridgehead atoms. The van der Waals surface area contributed by atoms with Gasteiger partial charge in [0.25, 0.3) is 5.91 Å². The van der Waals surface area contributed by atoms with E-state index < -0.39 is 17.5 Å². The summed E-state index contributed by atoms with van der Waals surface area (Å²) >= 11 is 3.49. The predicted octanol–water partition coefficient (Wildman–Crippen LogP) is 5.05. The zero-order valence-electron chi connectivity index (χ0n) is 20.6. The lowest BCUT2D eigenvalue weighted by Crippen LogP contribution is -2.40. The molecule has 190 valence electrons. The number of fused-ring (bicyclic) bond motifs is 3. The van der Waals surface area contributed by atoms with Gasteiger partial charge in [0.05, 0.1) is 5.69 Å². The van der Waals surface area contributed by atoms with Crippen molar-refractivity contribution in [2.24, 2.45) is 7.05 Å². The van der Waals surface area contributed by atoms with Crippen LogP contribution in [0, 0.1) is 5.82 Å². The van der Waals surface area contributed by atoms with Crippen LogP contribution in [0.3, 0.4) is 0 Å². The molecule has 0 saturated carbocycles. The number of amides is 2. The van der Waals surface area contributed by atoms with Gasteiger partial charge in [0.2, 0.25) is 0 Å². The van der Waals surface area contributed by atoms with Crippen LogP contribution in [0.2, 0.25) is 0 Å². The number of hydrogen-bond acceptors (Lipinski definition) is 5. The van der Waals surface area contributed by atoms with E-state index in [0.717, 1.165) is 15.7 Å². The predicted molar refractivity (Wildman–Crippen MR) is 136 cm³/mol. The van der Waals surface area contributed by atoms with Crippen molar-refractivity contribution in [3.05, 3.63) is 69.6 Å². The third kappa shape index (κ3) is 5.87. The van der Waals surface area contributed by atoms with E-state index in [0.29, 0.717) is 16.9 Å². The molecular formula is C26H28BrFN4O4. The molecule has 0 unspecified atom stereocenters. The van der Waals surface area contributed by atoms with Gasteiger partial charge in [-0.15, -0.1) is 0 Å². The van der Waals surface area contributed by atoms with Crippen LogP contribution in [0.5, 0.6) is 5.75 Å². The van der Waals surface area contributed by atoms with Gasteiger partial charge in [0.15, 0.2) is 5.69 Å². The number of nitrogens with zero attached hydrogens (tertiary/aromatic N) is 3. The van der Waals surface area contributed by atoms with Crippen molar-refractivity contribution in [1.29, 1.82) is 0 Å². The Hall–Kier alpha value is -3.40. The van der Waals surface area contributed by atoms with E-state index in [-0.39, 0.29) is 37.8 Å². The Morgan fingerprint density at radius 2 is 2.03 bits per heavy atom. The van der Waals surface area contributed by atoms with E-state index in [9.17, 15) is 14.0 Å². The molecule has 10 heteroatoms. The monoisotopic (exact) mass is 558 g/mol. The highest BCUT2D eigenvalue weighted by atomic mass is 79.9. The average molecular weight is 559 g/mol. The Morgan fingerprint density at radius 3 is 2.75 bits per heavy atom. The fraction of sp³-hybridized carbons (Fsp3) is 0.346. The minimum Gasteiger partial charge on any atom is -0.488 e. The molecule has 2 heterocycles. The molecule has 4 rings (SSSR count). The lowest BCUT2D eigenvalue weighted by Gasteiger charge is -2.24. The van der Waals surface area contributed by atoms with E-state index in [1.807, 2.05) is 18.2 Å². The van der Waals surface area contributed by atoms with Crippen molar-refractivity contribution in [3.63, 3.8) is 0 Å². The Balaban J connectivity index is 1.60. The van der Waals surface area contributed by atoms with Crippen LogP contribution in [0.1, 0.15) is 42.4 Å². The van der Waals surface area contributed by atoms with Crippen LogP contribution in [0.4, 0.5) is 9.18 Å². The first-order valence-electron chi connectivity index (χ1n) is 11.5. The molecule has 1 aliphatic heterocycles. The van der Waals surface area contributed by atoms with Gasteiger partial charge in [-0.05, 0) is 56.7 Å². The maximum absolute atomic E-state index is 13.8. The van der Waals surface area contributed by atoms with Crippen LogP contribution < -0.4 is 10.1 Å². The van der Waals surface area contributed by atoms with Crippen LogP contribution in [0.15, 0.2) is 46.9 Å². The standard InChI is InChI=1S/C26H28BrFN4O4/c1-26(2,3)36-25(34)29-10-11-32(14-16-6-5-7-18(28)12-16)24(33)22-20-15-35-21-9-8-17(27)13-19(21)23(20)31(4)30-22/h5-9,12-13H,10-11,14-15H2,1-4H3,(H,29,34). The second kappa shape index (κ2) is 10.3. The third-order valence-electron chi connectivity index (χ3n) is 5.52. The number of carbonyl (C=O) groups is 2. The highest BCUT2D eigenvalue weighted by molar-refractivity contribution is 9.10. The topological polar surface area (TPSA) is 85.7 Å². The molecule has 0 spiro atoms. The average Bonchev–Trinajstić information content (AvgIpc) is 3.13. The van der Waals surface area contributed by atoms with Gasteiger partial charge in [-0.2, -0.15) is 5.10 Å². The van der Waals surface area contributed by atoms with Crippen molar-refractivity contribution in [3.8, 4) is 17.0 Å². The molecule has 0 fully saturated rings. The quantitative estimate of drug-likeness (QED) is 0.457. The first kappa shape index (κ1) is 25.7. The van der Waals surface area contributed by atoms with Crippen LogP contribution >= 0.6 is 15.9 Å². The molecule has 2 aromatic carbocycles. The fourth-order valence-corrected chi connectivity index (χ4v) is 4.40. The van der Waals surface area contributed by atoms with Gasteiger partial charge in [0, 0.05) is 42.3 Å². The third-order valence-corrected chi connectivity index (χ3v) is 6.01. The fourth-order valence-electron chi connectivity index (χ4n) is 4.04. The lowest BCUT2D eigenvalue weighted by molar-refractivity contribution is 0.0512. The number of hydrogen-bond donors (Lipinski definition) is 1. The van der Waals surface area contributed by atoms with Gasteiger partial charge in [0.1, 0.15) is 23.8 Å². The van der Waals surface area contributed by atoms with Crippen LogP contribution in [-0.2, 0) is 24.9 Å². The second-order valence-corrected chi connectivity index (χ2v) is 10.4. The SMILES string of the molecule is Cn1nc(C(=O)N(CCNC(=O)OC(C)(C)C)Cc2cccc(F)c2)c2c1-c1cc(Br)ccc1OC2. The molecule has 0 aliphatic carbocycles. The number of carbonyl (C=O) groups excluding carboxylic acids is 2. The van der Waals surface area contributed by atoms with Crippen molar-refractivity contribution in [1.82, 2.24) is 20.0 Å². The zero-order valence-corrected chi connectivity index (χ0v) is 22.2. The van der Waals surface area contributed by atoms with Crippen molar-refractivity contribution in [2.75, 3.05) is 13.1 Å². The lowest BCUT2D eigenvalue weighted by atomic mass is 10.0.